The fraction of sp³-hybridized carbons (Fsp3) is 0.182. The predicted octanol–water partition coefficient (Wildman–Crippen LogP) is 5.32. The number of Topliss-reactive ketones (excluding diaryl/α,β-unsaturated/α-hetero) is 1. The van der Waals surface area contributed by atoms with Gasteiger partial charge in [0.2, 0.25) is 0 Å². The second-order valence-corrected chi connectivity index (χ2v) is 6.95. The monoisotopic (exact) mass is 396 g/mol. The van der Waals surface area contributed by atoms with Gasteiger partial charge in [-0.05, 0) is 56.7 Å². The molecule has 0 unspecified atom stereocenters. The van der Waals surface area contributed by atoms with E-state index < -0.39 is 0 Å². The number of carbonyl (C=O) groups is 2. The van der Waals surface area contributed by atoms with Crippen LogP contribution in [0.15, 0.2) is 48.5 Å². The summed E-state index contributed by atoms with van der Waals surface area (Å²) < 4.78 is 5.74. The number of hydrogen-bond donors (Lipinski definition) is 2. The van der Waals surface area contributed by atoms with Crippen molar-refractivity contribution in [1.82, 2.24) is 4.98 Å². The molecule has 144 valence electrons. The van der Waals surface area contributed by atoms with Crippen molar-refractivity contribution >= 4 is 29.0 Å². The normalized spacial score (nSPS) is 10.6. The molecule has 1 aromatic heterocycles. The summed E-state index contributed by atoms with van der Waals surface area (Å²) in [6.07, 6.45) is 0. The molecule has 5 nitrogen and oxygen atoms in total. The van der Waals surface area contributed by atoms with Crippen LogP contribution in [0, 0.1) is 13.8 Å². The highest BCUT2D eigenvalue weighted by molar-refractivity contribution is 6.31. The second-order valence-electron chi connectivity index (χ2n) is 6.54. The zero-order chi connectivity index (χ0) is 20.3. The van der Waals surface area contributed by atoms with Gasteiger partial charge in [0.15, 0.2) is 5.78 Å². The van der Waals surface area contributed by atoms with Crippen molar-refractivity contribution < 1.29 is 14.3 Å². The first-order valence-corrected chi connectivity index (χ1v) is 9.22. The molecule has 0 atom stereocenters. The van der Waals surface area contributed by atoms with Gasteiger partial charge in [0, 0.05) is 27.5 Å². The average molecular weight is 397 g/mol. The maximum absolute atomic E-state index is 12.6. The second kappa shape index (κ2) is 8.31. The molecule has 0 bridgehead atoms. The molecular formula is C22H21ClN2O3. The summed E-state index contributed by atoms with van der Waals surface area (Å²) in [6.45, 7) is 5.40. The first kappa shape index (κ1) is 19.7. The Morgan fingerprint density at radius 3 is 2.36 bits per heavy atom. The van der Waals surface area contributed by atoms with E-state index in [4.69, 9.17) is 16.3 Å². The summed E-state index contributed by atoms with van der Waals surface area (Å²) in [5.74, 6) is 0.312. The van der Waals surface area contributed by atoms with Crippen molar-refractivity contribution in [2.45, 2.75) is 27.4 Å². The molecule has 2 aromatic carbocycles. The molecule has 0 aliphatic heterocycles. The molecule has 6 heteroatoms. The van der Waals surface area contributed by atoms with Gasteiger partial charge in [-0.3, -0.25) is 9.59 Å². The van der Waals surface area contributed by atoms with Crippen LogP contribution >= 0.6 is 11.6 Å². The Hall–Kier alpha value is -3.05. The number of halogens is 1. The van der Waals surface area contributed by atoms with Gasteiger partial charge in [-0.15, -0.1) is 0 Å². The number of aromatic amines is 1. The molecule has 28 heavy (non-hydrogen) atoms. The molecule has 0 saturated heterocycles. The fourth-order valence-electron chi connectivity index (χ4n) is 3.11. The Morgan fingerprint density at radius 1 is 1.07 bits per heavy atom. The highest BCUT2D eigenvalue weighted by Gasteiger charge is 2.19. The Labute approximate surface area is 168 Å². The molecule has 0 spiro atoms. The topological polar surface area (TPSA) is 71.2 Å². The lowest BCUT2D eigenvalue weighted by atomic mass is 10.1. The van der Waals surface area contributed by atoms with Crippen LogP contribution < -0.4 is 10.1 Å². The minimum absolute atomic E-state index is 0.0645. The first-order chi connectivity index (χ1) is 13.4. The van der Waals surface area contributed by atoms with Crippen molar-refractivity contribution in [2.75, 3.05) is 5.32 Å². The number of rotatable bonds is 6. The zero-order valence-electron chi connectivity index (χ0n) is 15.9. The molecule has 2 N–H and O–H groups in total. The third kappa shape index (κ3) is 4.26. The zero-order valence-corrected chi connectivity index (χ0v) is 16.7. The number of nitrogens with one attached hydrogen (secondary N) is 2. The van der Waals surface area contributed by atoms with Crippen LogP contribution in [0.5, 0.6) is 5.75 Å². The molecule has 3 rings (SSSR count). The highest BCUT2D eigenvalue weighted by atomic mass is 35.5. The van der Waals surface area contributed by atoms with Gasteiger partial charge >= 0.3 is 0 Å². The number of anilines is 1. The van der Waals surface area contributed by atoms with Crippen molar-refractivity contribution in [3.05, 3.63) is 81.6 Å². The Bertz CT molecular complexity index is 1020. The minimum Gasteiger partial charge on any atom is -0.489 e. The van der Waals surface area contributed by atoms with E-state index in [1.54, 1.807) is 38.1 Å². The number of ether oxygens (including phenoxy) is 1. The standard InChI is InChI=1S/C22H21ClN2O3/c1-13-20(15(3)26)14(2)24-21(13)22(27)25-17-8-10-18(11-9-17)28-12-16-6-4-5-7-19(16)23/h4-11,24H,12H2,1-3H3,(H,25,27). The van der Waals surface area contributed by atoms with Crippen molar-refractivity contribution in [3.8, 4) is 5.75 Å². The van der Waals surface area contributed by atoms with Gasteiger partial charge < -0.3 is 15.0 Å². The summed E-state index contributed by atoms with van der Waals surface area (Å²) in [5.41, 5.74) is 3.84. The predicted molar refractivity (Wildman–Crippen MR) is 110 cm³/mol. The van der Waals surface area contributed by atoms with E-state index in [0.717, 1.165) is 5.56 Å². The van der Waals surface area contributed by atoms with Crippen molar-refractivity contribution in [3.63, 3.8) is 0 Å². The number of carbonyl (C=O) groups excluding carboxylic acids is 2. The van der Waals surface area contributed by atoms with E-state index in [1.165, 1.54) is 6.92 Å². The number of aryl methyl sites for hydroxylation is 1. The average Bonchev–Trinajstić information content (AvgIpc) is 2.96. The van der Waals surface area contributed by atoms with Gasteiger partial charge in [-0.1, -0.05) is 29.8 Å². The third-order valence-corrected chi connectivity index (χ3v) is 4.85. The Balaban J connectivity index is 1.66. The van der Waals surface area contributed by atoms with E-state index in [1.807, 2.05) is 24.3 Å². The largest absolute Gasteiger partial charge is 0.489 e. The highest BCUT2D eigenvalue weighted by Crippen LogP contribution is 2.22. The van der Waals surface area contributed by atoms with Crippen LogP contribution in [-0.4, -0.2) is 16.7 Å². The molecule has 1 heterocycles. The minimum atomic E-state index is -0.294. The van der Waals surface area contributed by atoms with Crippen LogP contribution in [-0.2, 0) is 6.61 Å². The van der Waals surface area contributed by atoms with E-state index >= 15 is 0 Å². The third-order valence-electron chi connectivity index (χ3n) is 4.48. The number of H-pyrrole nitrogens is 1. The van der Waals surface area contributed by atoms with Gasteiger partial charge in [-0.2, -0.15) is 0 Å². The van der Waals surface area contributed by atoms with E-state index in [-0.39, 0.29) is 11.7 Å². The lowest BCUT2D eigenvalue weighted by molar-refractivity contribution is 0.101. The molecule has 0 radical (unpaired) electrons. The molecule has 0 aliphatic carbocycles. The van der Waals surface area contributed by atoms with Crippen molar-refractivity contribution in [2.24, 2.45) is 0 Å². The Kier molecular flexibility index (Phi) is 5.85. The number of hydrogen-bond acceptors (Lipinski definition) is 3. The van der Waals surface area contributed by atoms with Gasteiger partial charge in [-0.25, -0.2) is 0 Å². The van der Waals surface area contributed by atoms with Gasteiger partial charge in [0.05, 0.1) is 0 Å². The molecule has 3 aromatic rings. The van der Waals surface area contributed by atoms with E-state index in [2.05, 4.69) is 10.3 Å². The lowest BCUT2D eigenvalue weighted by Crippen LogP contribution is -2.13. The first-order valence-electron chi connectivity index (χ1n) is 8.84. The number of aromatic nitrogens is 1. The van der Waals surface area contributed by atoms with Crippen LogP contribution in [0.1, 0.15) is 44.6 Å². The summed E-state index contributed by atoms with van der Waals surface area (Å²) >= 11 is 6.12. The summed E-state index contributed by atoms with van der Waals surface area (Å²) in [4.78, 5) is 27.3. The van der Waals surface area contributed by atoms with Crippen LogP contribution in [0.25, 0.3) is 0 Å². The van der Waals surface area contributed by atoms with E-state index in [0.29, 0.717) is 45.6 Å². The SMILES string of the molecule is CC(=O)c1c(C)[nH]c(C(=O)Nc2ccc(OCc3ccccc3Cl)cc2)c1C. The number of ketones is 1. The molecule has 1 amide bonds. The summed E-state index contributed by atoms with van der Waals surface area (Å²) in [6, 6.07) is 14.6. The molecule has 0 fully saturated rings. The Morgan fingerprint density at radius 2 is 1.75 bits per heavy atom. The summed E-state index contributed by atoms with van der Waals surface area (Å²) in [5, 5.41) is 3.49. The van der Waals surface area contributed by atoms with Crippen LogP contribution in [0.2, 0.25) is 5.02 Å². The maximum Gasteiger partial charge on any atom is 0.272 e. The van der Waals surface area contributed by atoms with Crippen LogP contribution in [0.4, 0.5) is 5.69 Å². The number of amides is 1. The fourth-order valence-corrected chi connectivity index (χ4v) is 3.30. The maximum atomic E-state index is 12.6. The van der Waals surface area contributed by atoms with Crippen LogP contribution in [0.3, 0.4) is 0 Å². The molecule has 0 aliphatic rings. The smallest absolute Gasteiger partial charge is 0.272 e. The van der Waals surface area contributed by atoms with E-state index in [9.17, 15) is 9.59 Å². The van der Waals surface area contributed by atoms with Gasteiger partial charge in [0.1, 0.15) is 18.1 Å². The van der Waals surface area contributed by atoms with Crippen molar-refractivity contribution in [1.29, 1.82) is 0 Å². The summed E-state index contributed by atoms with van der Waals surface area (Å²) in [7, 11) is 0. The molecule has 0 saturated carbocycles. The lowest BCUT2D eigenvalue weighted by Gasteiger charge is -2.09. The number of benzene rings is 2. The van der Waals surface area contributed by atoms with Gasteiger partial charge in [0.25, 0.3) is 5.91 Å². The molecular weight excluding hydrogens is 376 g/mol. The quantitative estimate of drug-likeness (QED) is 0.554.